The minimum Gasteiger partial charge on any atom is -0.497 e. The molecule has 43 heavy (non-hydrogen) atoms. The topological polar surface area (TPSA) is 90.0 Å². The molecule has 19 heteroatoms. The van der Waals surface area contributed by atoms with Crippen molar-refractivity contribution in [3.63, 3.8) is 0 Å². The molecular weight excluding hydrogens is 705 g/mol. The van der Waals surface area contributed by atoms with Crippen molar-refractivity contribution < 1.29 is 52.7 Å². The standard InChI is InChI=1S/C24H19F6NO6S6/c1-36-16-5-9-18(10-6-16)41(19-11-7-17(37-2)8-12-19,22-14-13-21(40-22)39-20-4-3-15-38-20)31(42(32,33)23(25,26)27)43(34,35)24(28,29)30/h3-15H,1-2H3. The third kappa shape index (κ3) is 6.12. The van der Waals surface area contributed by atoms with E-state index in [1.165, 1.54) is 55.9 Å². The molecule has 2 aromatic carbocycles. The largest absolute Gasteiger partial charge is 0.513 e. The van der Waals surface area contributed by atoms with Crippen molar-refractivity contribution in [3.05, 3.63) is 78.2 Å². The lowest BCUT2D eigenvalue weighted by Gasteiger charge is -2.46. The molecule has 0 atom stereocenters. The summed E-state index contributed by atoms with van der Waals surface area (Å²) >= 11 is 3.09. The molecule has 4 aromatic rings. The first-order chi connectivity index (χ1) is 20.0. The lowest BCUT2D eigenvalue weighted by molar-refractivity contribution is -0.0505. The Morgan fingerprint density at radius 3 is 1.51 bits per heavy atom. The van der Waals surface area contributed by atoms with Gasteiger partial charge in [-0.2, -0.15) is 26.3 Å². The van der Waals surface area contributed by atoms with Crippen LogP contribution in [-0.2, 0) is 20.0 Å². The smallest absolute Gasteiger partial charge is 0.497 e. The second kappa shape index (κ2) is 12.2. The summed E-state index contributed by atoms with van der Waals surface area (Å²) < 4.78 is 148. The Bertz CT molecular complexity index is 1680. The maximum atomic E-state index is 14.3. The van der Waals surface area contributed by atoms with Gasteiger partial charge >= 0.3 is 31.1 Å². The zero-order valence-corrected chi connectivity index (χ0v) is 26.5. The van der Waals surface area contributed by atoms with Crippen molar-refractivity contribution in [2.75, 3.05) is 14.2 Å². The average Bonchev–Trinajstić information content (AvgIpc) is 3.63. The predicted molar refractivity (Wildman–Crippen MR) is 153 cm³/mol. The van der Waals surface area contributed by atoms with Gasteiger partial charge in [-0.05, 0) is 75.2 Å². The van der Waals surface area contributed by atoms with Gasteiger partial charge in [0.1, 0.15) is 11.5 Å². The second-order valence-corrected chi connectivity index (χ2v) is 19.2. The number of alkyl halides is 6. The molecular formula is C24H19F6NO6S6. The van der Waals surface area contributed by atoms with Crippen LogP contribution in [0.5, 0.6) is 11.5 Å². The van der Waals surface area contributed by atoms with Gasteiger partial charge in [-0.1, -0.05) is 28.0 Å². The van der Waals surface area contributed by atoms with Crippen molar-refractivity contribution in [1.29, 1.82) is 0 Å². The van der Waals surface area contributed by atoms with Gasteiger partial charge in [0.15, 0.2) is 0 Å². The van der Waals surface area contributed by atoms with E-state index in [1.807, 2.05) is 0 Å². The summed E-state index contributed by atoms with van der Waals surface area (Å²) in [4.78, 5) is -0.928. The van der Waals surface area contributed by atoms with Gasteiger partial charge in [-0.25, -0.2) is 16.8 Å². The summed E-state index contributed by atoms with van der Waals surface area (Å²) in [6.45, 7) is 0. The molecule has 0 amide bonds. The van der Waals surface area contributed by atoms with Gasteiger partial charge in [0, 0.05) is 9.79 Å². The zero-order chi connectivity index (χ0) is 31.8. The Morgan fingerprint density at radius 2 is 1.14 bits per heavy atom. The molecule has 0 saturated carbocycles. The average molecular weight is 724 g/mol. The molecule has 0 saturated heterocycles. The Balaban J connectivity index is 2.23. The van der Waals surface area contributed by atoms with E-state index in [4.69, 9.17) is 9.47 Å². The summed E-state index contributed by atoms with van der Waals surface area (Å²) in [5.74, 6) is 0.242. The molecule has 0 unspecified atom stereocenters. The van der Waals surface area contributed by atoms with Crippen LogP contribution in [0.3, 0.4) is 0 Å². The fourth-order valence-corrected chi connectivity index (χ4v) is 17.4. The Labute approximate surface area is 256 Å². The summed E-state index contributed by atoms with van der Waals surface area (Å²) in [6, 6.07) is 14.8. The summed E-state index contributed by atoms with van der Waals surface area (Å²) in [5.41, 5.74) is -12.9. The van der Waals surface area contributed by atoms with E-state index in [0.29, 0.717) is 19.8 Å². The molecule has 0 N–H and O–H groups in total. The normalized spacial score (nSPS) is 13.7. The Hall–Kier alpha value is -2.42. The first-order valence-corrected chi connectivity index (χ1v) is 18.3. The van der Waals surface area contributed by atoms with Gasteiger partial charge in [0.25, 0.3) is 0 Å². The molecule has 0 radical (unpaired) electrons. The van der Waals surface area contributed by atoms with Crippen LogP contribution in [0.2, 0.25) is 0 Å². The molecule has 4 rings (SSSR count). The van der Waals surface area contributed by atoms with Crippen molar-refractivity contribution in [2.24, 2.45) is 0 Å². The minimum atomic E-state index is -7.25. The lowest BCUT2D eigenvalue weighted by atomic mass is 10.3. The number of nitrogens with zero attached hydrogens (tertiary/aromatic N) is 1. The van der Waals surface area contributed by atoms with Crippen LogP contribution in [0, 0.1) is 0 Å². The second-order valence-electron chi connectivity index (χ2n) is 8.10. The molecule has 0 spiro atoms. The van der Waals surface area contributed by atoms with Crippen molar-refractivity contribution in [3.8, 4) is 11.5 Å². The van der Waals surface area contributed by atoms with E-state index in [2.05, 4.69) is 0 Å². The molecule has 2 aromatic heterocycles. The highest BCUT2D eigenvalue weighted by Crippen LogP contribution is 2.75. The van der Waals surface area contributed by atoms with E-state index in [-0.39, 0.29) is 15.7 Å². The molecule has 0 aliphatic rings. The maximum absolute atomic E-state index is 14.3. The van der Waals surface area contributed by atoms with E-state index < -0.39 is 54.2 Å². The number of hydrogen-bond donors (Lipinski definition) is 0. The first kappa shape index (κ1) is 33.5. The monoisotopic (exact) mass is 723 g/mol. The van der Waals surface area contributed by atoms with E-state index in [9.17, 15) is 43.2 Å². The lowest BCUT2D eigenvalue weighted by Crippen LogP contribution is -2.50. The van der Waals surface area contributed by atoms with Crippen LogP contribution >= 0.6 is 44.6 Å². The number of ether oxygens (including phenoxy) is 2. The van der Waals surface area contributed by atoms with Gasteiger partial charge in [0.2, 0.25) is 0 Å². The number of halogens is 6. The minimum absolute atomic E-state index is 0.121. The highest BCUT2D eigenvalue weighted by Gasteiger charge is 2.68. The first-order valence-electron chi connectivity index (χ1n) is 11.4. The van der Waals surface area contributed by atoms with E-state index in [0.717, 1.165) is 42.1 Å². The zero-order valence-electron chi connectivity index (χ0n) is 21.6. The van der Waals surface area contributed by atoms with E-state index >= 15 is 0 Å². The summed E-state index contributed by atoms with van der Waals surface area (Å²) in [6.07, 6.45) is 0. The Kier molecular flexibility index (Phi) is 9.47. The maximum Gasteiger partial charge on any atom is 0.513 e. The van der Waals surface area contributed by atoms with Crippen molar-refractivity contribution >= 4 is 64.7 Å². The van der Waals surface area contributed by atoms with Crippen LogP contribution in [0.25, 0.3) is 0 Å². The molecule has 2 heterocycles. The van der Waals surface area contributed by atoms with Crippen LogP contribution in [0.4, 0.5) is 26.3 Å². The third-order valence-corrected chi connectivity index (χ3v) is 18.3. The van der Waals surface area contributed by atoms with Gasteiger partial charge in [-0.3, -0.25) is 0 Å². The summed E-state index contributed by atoms with van der Waals surface area (Å²) in [5, 5.41) is 1.74. The number of sulfonamides is 2. The number of rotatable bonds is 10. The quantitative estimate of drug-likeness (QED) is 0.153. The molecule has 0 aliphatic heterocycles. The fraction of sp³-hybridized carbons (Fsp3) is 0.167. The molecule has 234 valence electrons. The number of benzene rings is 2. The van der Waals surface area contributed by atoms with Crippen LogP contribution in [0.15, 0.2) is 101 Å². The van der Waals surface area contributed by atoms with Crippen LogP contribution < -0.4 is 9.47 Å². The number of methoxy groups -OCH3 is 2. The Morgan fingerprint density at radius 1 is 0.674 bits per heavy atom. The molecule has 7 nitrogen and oxygen atoms in total. The number of hydrogen-bond acceptors (Lipinski definition) is 9. The number of thiophene rings is 2. The van der Waals surface area contributed by atoms with E-state index in [1.54, 1.807) is 17.5 Å². The fourth-order valence-electron chi connectivity index (χ4n) is 3.69. The van der Waals surface area contributed by atoms with Crippen LogP contribution in [0.1, 0.15) is 0 Å². The molecule has 0 fully saturated rings. The molecule has 0 aliphatic carbocycles. The van der Waals surface area contributed by atoms with Gasteiger partial charge in [-0.15, -0.1) is 22.7 Å². The highest BCUT2D eigenvalue weighted by atomic mass is 32.4. The summed E-state index contributed by atoms with van der Waals surface area (Å²) in [7, 11) is -16.7. The van der Waals surface area contributed by atoms with Crippen molar-refractivity contribution in [2.45, 2.75) is 33.4 Å². The predicted octanol–water partition coefficient (Wildman–Crippen LogP) is 8.18. The van der Waals surface area contributed by atoms with Gasteiger partial charge < -0.3 is 9.47 Å². The highest BCUT2D eigenvalue weighted by molar-refractivity contribution is 8.42. The SMILES string of the molecule is COc1ccc(S(c2ccc(OC)cc2)(c2ccc(Sc3cccs3)s2)N(S(=O)(=O)C(F)(F)F)S(=O)(=O)C(F)(F)F)cc1. The third-order valence-electron chi connectivity index (χ3n) is 5.55. The van der Waals surface area contributed by atoms with Crippen molar-refractivity contribution in [1.82, 2.24) is 3.12 Å². The van der Waals surface area contributed by atoms with Gasteiger partial charge in [0.05, 0.1) is 26.8 Å². The van der Waals surface area contributed by atoms with Crippen LogP contribution in [-0.4, -0.2) is 45.2 Å². The molecule has 0 bridgehead atoms.